The minimum absolute atomic E-state index is 0.00607. The lowest BCUT2D eigenvalue weighted by Crippen LogP contribution is -2.32. The third-order valence-electron chi connectivity index (χ3n) is 5.76. The van der Waals surface area contributed by atoms with E-state index in [9.17, 15) is 22.4 Å². The molecule has 1 amide bonds. The topological polar surface area (TPSA) is 97.1 Å². The molecule has 3 rings (SSSR count). The number of hydrogen-bond acceptors (Lipinski definition) is 6. The number of carbonyl (C=O) groups excluding carboxylic acids is 1. The highest BCUT2D eigenvalue weighted by molar-refractivity contribution is 6.00. The van der Waals surface area contributed by atoms with Gasteiger partial charge in [0.15, 0.2) is 18.1 Å². The Bertz CT molecular complexity index is 1050. The molecule has 2 aromatic carbocycles. The van der Waals surface area contributed by atoms with Crippen LogP contribution in [0, 0.1) is 5.82 Å². The number of hydrogen-bond donors (Lipinski definition) is 3. The van der Waals surface area contributed by atoms with E-state index in [0.29, 0.717) is 31.5 Å². The number of alkyl halides is 3. The van der Waals surface area contributed by atoms with E-state index < -0.39 is 24.5 Å². The van der Waals surface area contributed by atoms with Gasteiger partial charge in [-0.05, 0) is 55.5 Å². The molecule has 0 fully saturated rings. The molecule has 4 N–H and O–H groups in total. The van der Waals surface area contributed by atoms with Crippen molar-refractivity contribution in [2.45, 2.75) is 38.4 Å². The lowest BCUT2D eigenvalue weighted by atomic mass is 9.98. The monoisotopic (exact) mass is 513 g/mol. The van der Waals surface area contributed by atoms with Crippen LogP contribution >= 0.6 is 0 Å². The van der Waals surface area contributed by atoms with E-state index in [1.54, 1.807) is 6.07 Å². The number of primary amides is 1. The first-order valence-corrected chi connectivity index (χ1v) is 11.7. The molecule has 1 aliphatic heterocycles. The van der Waals surface area contributed by atoms with Crippen LogP contribution < -0.4 is 25.4 Å². The molecule has 1 atom stereocenters. The molecule has 1 heterocycles. The van der Waals surface area contributed by atoms with Gasteiger partial charge in [-0.2, -0.15) is 13.2 Å². The summed E-state index contributed by atoms with van der Waals surface area (Å²) in [6, 6.07) is 7.03. The van der Waals surface area contributed by atoms with E-state index in [4.69, 9.17) is 15.6 Å². The van der Waals surface area contributed by atoms with Crippen LogP contribution in [0.3, 0.4) is 0 Å². The van der Waals surface area contributed by atoms with Gasteiger partial charge in [-0.15, -0.1) is 0 Å². The van der Waals surface area contributed by atoms with E-state index >= 15 is 0 Å². The molecule has 0 unspecified atom stereocenters. The van der Waals surface area contributed by atoms with E-state index in [1.807, 2.05) is 6.92 Å². The van der Waals surface area contributed by atoms with E-state index in [0.717, 1.165) is 41.9 Å². The van der Waals surface area contributed by atoms with Gasteiger partial charge in [-0.1, -0.05) is 6.07 Å². The Hall–Kier alpha value is -3.05. The number of nitrogens with zero attached hydrogens (tertiary/aromatic N) is 1. The number of amides is 1. The maximum Gasteiger partial charge on any atom is 0.422 e. The molecule has 1 aliphatic rings. The zero-order chi connectivity index (χ0) is 26.3. The molecule has 36 heavy (non-hydrogen) atoms. The van der Waals surface area contributed by atoms with Crippen molar-refractivity contribution >= 4 is 11.6 Å². The normalized spacial score (nSPS) is 14.0. The van der Waals surface area contributed by atoms with Crippen LogP contribution in [0.1, 0.15) is 34.8 Å². The lowest BCUT2D eigenvalue weighted by Gasteiger charge is -2.22. The lowest BCUT2D eigenvalue weighted by molar-refractivity contribution is -0.153. The fourth-order valence-electron chi connectivity index (χ4n) is 4.25. The Morgan fingerprint density at radius 2 is 2.00 bits per heavy atom. The summed E-state index contributed by atoms with van der Waals surface area (Å²) in [6.45, 7) is 2.40. The standard InChI is InChI=1S/C25H31F4N3O4/c1-16(31-6-10-35-21-4-3-19(26)14-22(21)36-15-25(27,28)29)11-17-12-18-5-8-32(7-2-9-33)23(18)20(13-17)24(30)34/h3-4,12-14,16,31,33H,2,5-11,15H2,1H3,(H2,30,34)/t16-/m1/s1. The molecular formula is C25H31F4N3O4. The third kappa shape index (κ3) is 7.72. The van der Waals surface area contributed by atoms with Crippen LogP contribution in [0.2, 0.25) is 0 Å². The Balaban J connectivity index is 1.55. The maximum atomic E-state index is 13.4. The minimum atomic E-state index is -4.55. The van der Waals surface area contributed by atoms with Crippen LogP contribution in [-0.2, 0) is 12.8 Å². The first kappa shape index (κ1) is 27.5. The van der Waals surface area contributed by atoms with E-state index in [2.05, 4.69) is 21.0 Å². The molecule has 7 nitrogen and oxygen atoms in total. The third-order valence-corrected chi connectivity index (χ3v) is 5.76. The summed E-state index contributed by atoms with van der Waals surface area (Å²) in [4.78, 5) is 14.2. The Morgan fingerprint density at radius 1 is 1.22 bits per heavy atom. The number of rotatable bonds is 13. The maximum absolute atomic E-state index is 13.4. The second-order valence-corrected chi connectivity index (χ2v) is 8.73. The fraction of sp³-hybridized carbons (Fsp3) is 0.480. The van der Waals surface area contributed by atoms with E-state index in [1.165, 1.54) is 6.07 Å². The summed E-state index contributed by atoms with van der Waals surface area (Å²) in [5.74, 6) is -1.52. The van der Waals surface area contributed by atoms with Crippen molar-refractivity contribution in [3.63, 3.8) is 0 Å². The van der Waals surface area contributed by atoms with E-state index in [-0.39, 0.29) is 30.8 Å². The predicted molar refractivity (Wildman–Crippen MR) is 127 cm³/mol. The number of ether oxygens (including phenoxy) is 2. The Labute approximate surface area is 207 Å². The van der Waals surface area contributed by atoms with Gasteiger partial charge in [0.2, 0.25) is 0 Å². The molecule has 2 aromatic rings. The highest BCUT2D eigenvalue weighted by Gasteiger charge is 2.29. The highest BCUT2D eigenvalue weighted by atomic mass is 19.4. The van der Waals surface area contributed by atoms with Crippen molar-refractivity contribution in [3.8, 4) is 11.5 Å². The van der Waals surface area contributed by atoms with Crippen LogP contribution in [0.5, 0.6) is 11.5 Å². The van der Waals surface area contributed by atoms with Gasteiger partial charge in [0.05, 0.1) is 11.3 Å². The SMILES string of the molecule is C[C@H](Cc1cc2c(c(C(N)=O)c1)N(CCCO)CC2)NCCOc1ccc(F)cc1OCC(F)(F)F. The average molecular weight is 514 g/mol. The van der Waals surface area contributed by atoms with Crippen LogP contribution in [-0.4, -0.2) is 62.7 Å². The number of fused-ring (bicyclic) bond motifs is 1. The van der Waals surface area contributed by atoms with Crippen molar-refractivity contribution in [2.75, 3.05) is 44.4 Å². The second kappa shape index (κ2) is 12.3. The largest absolute Gasteiger partial charge is 0.488 e. The summed E-state index contributed by atoms with van der Waals surface area (Å²) in [5.41, 5.74) is 8.97. The zero-order valence-corrected chi connectivity index (χ0v) is 20.0. The number of nitrogens with two attached hydrogens (primary N) is 1. The number of benzene rings is 2. The fourth-order valence-corrected chi connectivity index (χ4v) is 4.25. The van der Waals surface area contributed by atoms with Crippen LogP contribution in [0.4, 0.5) is 23.2 Å². The first-order chi connectivity index (χ1) is 17.1. The van der Waals surface area contributed by atoms with Gasteiger partial charge in [-0.3, -0.25) is 4.79 Å². The van der Waals surface area contributed by atoms with Crippen LogP contribution in [0.15, 0.2) is 30.3 Å². The van der Waals surface area contributed by atoms with Gasteiger partial charge in [0.1, 0.15) is 12.4 Å². The van der Waals surface area contributed by atoms with Gasteiger partial charge in [0.25, 0.3) is 5.91 Å². The van der Waals surface area contributed by atoms with Crippen molar-refractivity contribution in [3.05, 3.63) is 52.8 Å². The van der Waals surface area contributed by atoms with Crippen molar-refractivity contribution in [1.29, 1.82) is 0 Å². The zero-order valence-electron chi connectivity index (χ0n) is 20.0. The number of halogens is 4. The summed E-state index contributed by atoms with van der Waals surface area (Å²) in [5, 5.41) is 12.4. The Morgan fingerprint density at radius 3 is 2.69 bits per heavy atom. The molecule has 0 aliphatic carbocycles. The predicted octanol–water partition coefficient (Wildman–Crippen LogP) is 3.21. The summed E-state index contributed by atoms with van der Waals surface area (Å²) in [7, 11) is 0. The van der Waals surface area contributed by atoms with Gasteiger partial charge in [0, 0.05) is 38.3 Å². The number of aliphatic hydroxyl groups excluding tert-OH is 1. The average Bonchev–Trinajstić information content (AvgIpc) is 3.21. The number of aliphatic hydroxyl groups is 1. The van der Waals surface area contributed by atoms with Crippen molar-refractivity contribution < 1.29 is 36.9 Å². The molecule has 0 aromatic heterocycles. The molecule has 0 radical (unpaired) electrons. The van der Waals surface area contributed by atoms with Crippen molar-refractivity contribution in [2.24, 2.45) is 5.73 Å². The van der Waals surface area contributed by atoms with Crippen LogP contribution in [0.25, 0.3) is 0 Å². The van der Waals surface area contributed by atoms with Gasteiger partial charge >= 0.3 is 6.18 Å². The quantitative estimate of drug-likeness (QED) is 0.281. The molecule has 198 valence electrons. The van der Waals surface area contributed by atoms with Crippen molar-refractivity contribution in [1.82, 2.24) is 5.32 Å². The summed E-state index contributed by atoms with van der Waals surface area (Å²) >= 11 is 0. The summed E-state index contributed by atoms with van der Waals surface area (Å²) < 4.78 is 61.0. The number of carbonyl (C=O) groups is 1. The second-order valence-electron chi connectivity index (χ2n) is 8.73. The minimum Gasteiger partial charge on any atom is -0.488 e. The molecule has 0 bridgehead atoms. The molecule has 0 saturated heterocycles. The van der Waals surface area contributed by atoms with Gasteiger partial charge in [-0.25, -0.2) is 4.39 Å². The molecule has 0 saturated carbocycles. The number of nitrogens with one attached hydrogen (secondary N) is 1. The highest BCUT2D eigenvalue weighted by Crippen LogP contribution is 2.34. The molecular weight excluding hydrogens is 482 g/mol. The summed E-state index contributed by atoms with van der Waals surface area (Å²) in [6.07, 6.45) is -2.54. The first-order valence-electron chi connectivity index (χ1n) is 11.7. The smallest absolute Gasteiger partial charge is 0.422 e. The molecule has 0 spiro atoms. The molecule has 11 heteroatoms. The Kier molecular flexibility index (Phi) is 9.38. The number of anilines is 1. The van der Waals surface area contributed by atoms with Gasteiger partial charge < -0.3 is 30.5 Å².